The Kier molecular flexibility index (Phi) is 4.07. The summed E-state index contributed by atoms with van der Waals surface area (Å²) in [5.74, 6) is -1.51. The van der Waals surface area contributed by atoms with E-state index in [-0.39, 0.29) is 12.5 Å². The number of carboxylic acid groups (broad SMARTS) is 1. The summed E-state index contributed by atoms with van der Waals surface area (Å²) in [6, 6.07) is 0. The van der Waals surface area contributed by atoms with E-state index in [9.17, 15) is 14.7 Å². The first-order valence-corrected chi connectivity index (χ1v) is 5.47. The number of H-pyrrole nitrogens is 1. The molecule has 0 saturated heterocycles. The van der Waals surface area contributed by atoms with Crippen LogP contribution in [-0.2, 0) is 4.79 Å². The fraction of sp³-hybridized carbons (Fsp3) is 0.545. The van der Waals surface area contributed by atoms with Crippen molar-refractivity contribution in [1.29, 1.82) is 0 Å². The van der Waals surface area contributed by atoms with Crippen LogP contribution in [0.15, 0.2) is 0 Å². The van der Waals surface area contributed by atoms with Crippen molar-refractivity contribution in [2.45, 2.75) is 32.8 Å². The van der Waals surface area contributed by atoms with Gasteiger partial charge in [-0.05, 0) is 20.8 Å². The number of aromatic amines is 1. The molecule has 0 bridgehead atoms. The van der Waals surface area contributed by atoms with Crippen molar-refractivity contribution in [3.8, 4) is 0 Å². The zero-order chi connectivity index (χ0) is 13.9. The number of hydrogen-bond donors (Lipinski definition) is 4. The number of amides is 1. The van der Waals surface area contributed by atoms with E-state index in [4.69, 9.17) is 5.11 Å². The molecule has 7 heteroatoms. The Balaban J connectivity index is 2.64. The molecular formula is C11H17N3O4. The van der Waals surface area contributed by atoms with Crippen molar-refractivity contribution >= 4 is 11.9 Å². The highest BCUT2D eigenvalue weighted by atomic mass is 16.4. The predicted octanol–water partition coefficient (Wildman–Crippen LogP) is -0.0180. The highest BCUT2D eigenvalue weighted by molar-refractivity contribution is 5.96. The van der Waals surface area contributed by atoms with Crippen molar-refractivity contribution in [2.75, 3.05) is 6.54 Å². The minimum atomic E-state index is -1.48. The summed E-state index contributed by atoms with van der Waals surface area (Å²) in [7, 11) is 0. The maximum atomic E-state index is 11.9. The smallest absolute Gasteiger partial charge is 0.306 e. The fourth-order valence-electron chi connectivity index (χ4n) is 1.63. The van der Waals surface area contributed by atoms with Crippen LogP contribution in [-0.4, -0.2) is 44.4 Å². The highest BCUT2D eigenvalue weighted by Gasteiger charge is 2.26. The van der Waals surface area contributed by atoms with Gasteiger partial charge in [0.1, 0.15) is 0 Å². The lowest BCUT2D eigenvalue weighted by Crippen LogP contribution is -2.42. The fourth-order valence-corrected chi connectivity index (χ4v) is 1.63. The van der Waals surface area contributed by atoms with Crippen molar-refractivity contribution in [3.05, 3.63) is 17.0 Å². The molecule has 7 nitrogen and oxygen atoms in total. The van der Waals surface area contributed by atoms with Gasteiger partial charge in [-0.2, -0.15) is 5.10 Å². The van der Waals surface area contributed by atoms with Crippen molar-refractivity contribution in [3.63, 3.8) is 0 Å². The first-order valence-electron chi connectivity index (χ1n) is 5.47. The summed E-state index contributed by atoms with van der Waals surface area (Å²) < 4.78 is 0. The van der Waals surface area contributed by atoms with Crippen LogP contribution >= 0.6 is 0 Å². The molecule has 1 atom stereocenters. The maximum Gasteiger partial charge on any atom is 0.306 e. The SMILES string of the molecule is Cc1n[nH]c(C)c1C(=O)NCC(C)(O)CC(=O)O. The van der Waals surface area contributed by atoms with Gasteiger partial charge in [-0.25, -0.2) is 0 Å². The Hall–Kier alpha value is -1.89. The van der Waals surface area contributed by atoms with Gasteiger partial charge in [0.05, 0.1) is 23.3 Å². The molecule has 18 heavy (non-hydrogen) atoms. The molecule has 100 valence electrons. The molecule has 0 aliphatic heterocycles. The van der Waals surface area contributed by atoms with E-state index in [1.807, 2.05) is 0 Å². The molecule has 1 heterocycles. The Morgan fingerprint density at radius 1 is 1.44 bits per heavy atom. The molecule has 1 rings (SSSR count). The summed E-state index contributed by atoms with van der Waals surface area (Å²) in [5, 5.41) is 27.4. The van der Waals surface area contributed by atoms with Gasteiger partial charge in [-0.3, -0.25) is 14.7 Å². The number of aryl methyl sites for hydroxylation is 2. The summed E-state index contributed by atoms with van der Waals surface area (Å²) in [6.07, 6.45) is -0.434. The van der Waals surface area contributed by atoms with E-state index >= 15 is 0 Å². The molecule has 4 N–H and O–H groups in total. The second-order valence-electron chi connectivity index (χ2n) is 4.56. The van der Waals surface area contributed by atoms with Gasteiger partial charge >= 0.3 is 5.97 Å². The van der Waals surface area contributed by atoms with Gasteiger partial charge in [0, 0.05) is 12.2 Å². The average Bonchev–Trinajstić information content (AvgIpc) is 2.53. The second kappa shape index (κ2) is 5.18. The normalized spacial score (nSPS) is 14.0. The molecule has 1 unspecified atom stereocenters. The van der Waals surface area contributed by atoms with Gasteiger partial charge in [0.15, 0.2) is 0 Å². The molecule has 0 aliphatic rings. The molecule has 0 aromatic carbocycles. The van der Waals surface area contributed by atoms with Crippen molar-refractivity contribution < 1.29 is 19.8 Å². The van der Waals surface area contributed by atoms with Gasteiger partial charge in [-0.15, -0.1) is 0 Å². The van der Waals surface area contributed by atoms with Crippen LogP contribution in [0.3, 0.4) is 0 Å². The van der Waals surface area contributed by atoms with E-state index in [0.717, 1.165) is 0 Å². The number of carbonyl (C=O) groups excluding carboxylic acids is 1. The molecule has 1 aromatic heterocycles. The number of nitrogens with zero attached hydrogens (tertiary/aromatic N) is 1. The Morgan fingerprint density at radius 3 is 2.50 bits per heavy atom. The largest absolute Gasteiger partial charge is 0.481 e. The highest BCUT2D eigenvalue weighted by Crippen LogP contribution is 2.11. The third kappa shape index (κ3) is 3.56. The first kappa shape index (κ1) is 14.2. The van der Waals surface area contributed by atoms with Crippen LogP contribution in [0.4, 0.5) is 0 Å². The van der Waals surface area contributed by atoms with Gasteiger partial charge in [-0.1, -0.05) is 0 Å². The third-order valence-electron chi connectivity index (χ3n) is 2.52. The molecule has 1 aromatic rings. The molecule has 0 fully saturated rings. The monoisotopic (exact) mass is 255 g/mol. The topological polar surface area (TPSA) is 115 Å². The maximum absolute atomic E-state index is 11.9. The van der Waals surface area contributed by atoms with E-state index < -0.39 is 18.0 Å². The number of rotatable bonds is 5. The Labute approximate surface area is 104 Å². The number of aliphatic carboxylic acids is 1. The van der Waals surface area contributed by atoms with E-state index in [1.165, 1.54) is 6.92 Å². The van der Waals surface area contributed by atoms with Gasteiger partial charge < -0.3 is 15.5 Å². The quantitative estimate of drug-likeness (QED) is 0.590. The van der Waals surface area contributed by atoms with Crippen LogP contribution in [0, 0.1) is 13.8 Å². The number of hydrogen-bond acceptors (Lipinski definition) is 4. The van der Waals surface area contributed by atoms with Gasteiger partial charge in [0.25, 0.3) is 5.91 Å². The van der Waals surface area contributed by atoms with E-state index in [1.54, 1.807) is 13.8 Å². The number of aliphatic hydroxyl groups is 1. The standard InChI is InChI=1S/C11H17N3O4/c1-6-9(7(2)14-13-6)10(17)12-5-11(3,18)4-8(15)16/h18H,4-5H2,1-3H3,(H,12,17)(H,13,14)(H,15,16). The van der Waals surface area contributed by atoms with Gasteiger partial charge in [0.2, 0.25) is 0 Å². The van der Waals surface area contributed by atoms with E-state index in [2.05, 4.69) is 15.5 Å². The summed E-state index contributed by atoms with van der Waals surface area (Å²) in [4.78, 5) is 22.4. The zero-order valence-electron chi connectivity index (χ0n) is 10.6. The molecule has 0 aliphatic carbocycles. The van der Waals surface area contributed by atoms with Crippen LogP contribution in [0.25, 0.3) is 0 Å². The Morgan fingerprint density at radius 2 is 2.06 bits per heavy atom. The molecule has 0 spiro atoms. The lowest BCUT2D eigenvalue weighted by molar-refractivity contribution is -0.141. The summed E-state index contributed by atoms with van der Waals surface area (Å²) in [5.41, 5.74) is 0.124. The van der Waals surface area contributed by atoms with E-state index in [0.29, 0.717) is 17.0 Å². The number of carbonyl (C=O) groups is 2. The third-order valence-corrected chi connectivity index (χ3v) is 2.52. The van der Waals surface area contributed by atoms with Crippen LogP contribution in [0.2, 0.25) is 0 Å². The Bertz CT molecular complexity index is 445. The molecule has 0 saturated carbocycles. The first-order chi connectivity index (χ1) is 8.23. The van der Waals surface area contributed by atoms with Crippen LogP contribution in [0.1, 0.15) is 35.1 Å². The lowest BCUT2D eigenvalue weighted by Gasteiger charge is -2.21. The van der Waals surface area contributed by atoms with Crippen LogP contribution < -0.4 is 5.32 Å². The number of aromatic nitrogens is 2. The summed E-state index contributed by atoms with van der Waals surface area (Å²) in [6.45, 7) is 4.62. The lowest BCUT2D eigenvalue weighted by atomic mass is 10.0. The number of carboxylic acids is 1. The van der Waals surface area contributed by atoms with Crippen molar-refractivity contribution in [1.82, 2.24) is 15.5 Å². The summed E-state index contributed by atoms with van der Waals surface area (Å²) >= 11 is 0. The minimum Gasteiger partial charge on any atom is -0.481 e. The average molecular weight is 255 g/mol. The van der Waals surface area contributed by atoms with Crippen molar-refractivity contribution in [2.24, 2.45) is 0 Å². The minimum absolute atomic E-state index is 0.137. The molecule has 1 amide bonds. The molecule has 0 radical (unpaired) electrons. The van der Waals surface area contributed by atoms with Crippen LogP contribution in [0.5, 0.6) is 0 Å². The second-order valence-corrected chi connectivity index (χ2v) is 4.56. The zero-order valence-corrected chi connectivity index (χ0v) is 10.6. The molecular weight excluding hydrogens is 238 g/mol. The number of nitrogens with one attached hydrogen (secondary N) is 2. The predicted molar refractivity (Wildman–Crippen MR) is 63.3 cm³/mol.